The first-order valence-electron chi connectivity index (χ1n) is 25.2. The Morgan fingerprint density at radius 1 is 0.645 bits per heavy atom. The molecular formula is C56H58ClF3N12O4. The van der Waals surface area contributed by atoms with Crippen molar-refractivity contribution in [3.05, 3.63) is 183 Å². The highest BCUT2D eigenvalue weighted by atomic mass is 35.5. The number of benzene rings is 4. The van der Waals surface area contributed by atoms with Crippen LogP contribution in [0.25, 0.3) is 55.2 Å². The minimum absolute atomic E-state index is 0. The number of aromatic nitrogens is 10. The quantitative estimate of drug-likeness (QED) is 0.124. The third-order valence-corrected chi connectivity index (χ3v) is 13.9. The summed E-state index contributed by atoms with van der Waals surface area (Å²) >= 11 is 5.94. The number of nitrogens with zero attached hydrogens (tertiary/aromatic N) is 10. The molecule has 394 valence electrons. The van der Waals surface area contributed by atoms with E-state index in [1.165, 1.54) is 35.8 Å². The van der Waals surface area contributed by atoms with Crippen LogP contribution in [0.2, 0.25) is 5.15 Å². The van der Waals surface area contributed by atoms with Gasteiger partial charge in [-0.1, -0.05) is 86.1 Å². The van der Waals surface area contributed by atoms with Crippen LogP contribution < -0.4 is 22.2 Å². The fourth-order valence-corrected chi connectivity index (χ4v) is 9.92. The molecule has 3 N–H and O–H groups in total. The molecule has 10 aromatic rings. The van der Waals surface area contributed by atoms with Crippen molar-refractivity contribution in [1.29, 1.82) is 0 Å². The number of fused-ring (bicyclic) bond motifs is 4. The molecule has 4 aromatic carbocycles. The fraction of sp³-hybridized carbons (Fsp3) is 0.286. The van der Waals surface area contributed by atoms with Gasteiger partial charge in [-0.15, -0.1) is 0 Å². The highest BCUT2D eigenvalue weighted by Gasteiger charge is 2.25. The molecule has 8 heterocycles. The second kappa shape index (κ2) is 23.8. The molecule has 12 rings (SSSR count). The van der Waals surface area contributed by atoms with Crippen LogP contribution in [0.3, 0.4) is 0 Å². The molecule has 6 aromatic heterocycles. The first kappa shape index (κ1) is 53.0. The maximum Gasteiger partial charge on any atom is 0.266 e. The number of anilines is 1. The van der Waals surface area contributed by atoms with Crippen LogP contribution in [0, 0.1) is 11.6 Å². The molecule has 0 aliphatic carbocycles. The summed E-state index contributed by atoms with van der Waals surface area (Å²) in [6.45, 7) is 5.50. The van der Waals surface area contributed by atoms with E-state index >= 15 is 0 Å². The van der Waals surface area contributed by atoms with E-state index < -0.39 is 17.2 Å². The first-order valence-corrected chi connectivity index (χ1v) is 25.6. The number of halogens is 4. The molecule has 16 nitrogen and oxygen atoms in total. The topological polar surface area (TPSA) is 188 Å². The molecule has 2 saturated heterocycles. The fourth-order valence-electron chi connectivity index (χ4n) is 9.74. The van der Waals surface area contributed by atoms with Gasteiger partial charge in [-0.2, -0.15) is 0 Å². The molecule has 2 fully saturated rings. The van der Waals surface area contributed by atoms with Crippen LogP contribution in [0.4, 0.5) is 19.3 Å². The van der Waals surface area contributed by atoms with Gasteiger partial charge in [-0.05, 0) is 111 Å². The minimum atomic E-state index is -0.535. The monoisotopic (exact) mass is 1060 g/mol. The van der Waals surface area contributed by atoms with E-state index in [4.69, 9.17) is 26.8 Å². The molecule has 0 bridgehead atoms. The molecule has 2 aliphatic heterocycles. The van der Waals surface area contributed by atoms with Crippen LogP contribution in [0.1, 0.15) is 103 Å². The van der Waals surface area contributed by atoms with Gasteiger partial charge in [-0.3, -0.25) is 32.6 Å². The highest BCUT2D eigenvalue weighted by molar-refractivity contribution is 6.33. The zero-order chi connectivity index (χ0) is 52.0. The van der Waals surface area contributed by atoms with Gasteiger partial charge in [0.15, 0.2) is 27.8 Å². The SMILES string of the molecule is CC[C@H](N)c1cc2cccc(F)c2c(=O)n1-c1ccccc1.CC[C@H](Nc1ncnc2c1ncn2C1CCCCO1)c1cc2cccc(F)c2c(=O)n1-c1ccccc1.Clc1ncnc2c1ncn2C1CCCCO1.F.[2HH]. The number of pyridine rings is 2. The summed E-state index contributed by atoms with van der Waals surface area (Å²) in [6.07, 6.45) is 14.1. The molecule has 0 amide bonds. The average Bonchev–Trinajstić information content (AvgIpc) is 4.11. The summed E-state index contributed by atoms with van der Waals surface area (Å²) in [6, 6.07) is 30.9. The van der Waals surface area contributed by atoms with Crippen LogP contribution in [-0.2, 0) is 9.47 Å². The summed E-state index contributed by atoms with van der Waals surface area (Å²) in [5.74, 6) is -0.477. The molecule has 0 radical (unpaired) electrons. The van der Waals surface area contributed by atoms with Gasteiger partial charge in [-0.25, -0.2) is 38.7 Å². The van der Waals surface area contributed by atoms with Gasteiger partial charge < -0.3 is 20.5 Å². The molecule has 0 spiro atoms. The van der Waals surface area contributed by atoms with Gasteiger partial charge in [0.25, 0.3) is 11.1 Å². The number of rotatable bonds is 10. The van der Waals surface area contributed by atoms with E-state index in [1.807, 2.05) is 89.7 Å². The average molecular weight is 1060 g/mol. The maximum atomic E-state index is 14.8. The van der Waals surface area contributed by atoms with Gasteiger partial charge in [0.05, 0.1) is 29.5 Å². The zero-order valence-corrected chi connectivity index (χ0v) is 42.6. The lowest BCUT2D eigenvalue weighted by Gasteiger charge is -2.24. The summed E-state index contributed by atoms with van der Waals surface area (Å²) in [7, 11) is 0. The van der Waals surface area contributed by atoms with Crippen molar-refractivity contribution in [2.45, 2.75) is 89.8 Å². The van der Waals surface area contributed by atoms with E-state index in [0.717, 1.165) is 51.0 Å². The lowest BCUT2D eigenvalue weighted by atomic mass is 10.0. The zero-order valence-electron chi connectivity index (χ0n) is 41.8. The summed E-state index contributed by atoms with van der Waals surface area (Å²) < 4.78 is 47.5. The van der Waals surface area contributed by atoms with Crippen LogP contribution in [0.15, 0.2) is 144 Å². The number of nitrogens with two attached hydrogens (primary N) is 1. The number of hydrogen-bond donors (Lipinski definition) is 2. The van der Waals surface area contributed by atoms with E-state index in [-0.39, 0.29) is 47.0 Å². The molecular weight excluding hydrogens is 997 g/mol. The van der Waals surface area contributed by atoms with Crippen molar-refractivity contribution in [1.82, 2.24) is 48.2 Å². The summed E-state index contributed by atoms with van der Waals surface area (Å²) in [4.78, 5) is 52.4. The largest absolute Gasteiger partial charge is 0.360 e. The number of imidazole rings is 2. The number of para-hydroxylation sites is 2. The summed E-state index contributed by atoms with van der Waals surface area (Å²) in [5, 5.41) is 5.19. The highest BCUT2D eigenvalue weighted by Crippen LogP contribution is 2.32. The van der Waals surface area contributed by atoms with E-state index in [9.17, 15) is 18.4 Å². The number of hydrogen-bond acceptors (Lipinski definition) is 12. The Balaban J connectivity index is 0.000000166. The normalized spacial score (nSPS) is 16.3. The van der Waals surface area contributed by atoms with Crippen LogP contribution >= 0.6 is 11.6 Å². The van der Waals surface area contributed by atoms with Crippen molar-refractivity contribution < 1.29 is 24.4 Å². The van der Waals surface area contributed by atoms with Crippen molar-refractivity contribution in [3.8, 4) is 11.4 Å². The van der Waals surface area contributed by atoms with E-state index in [0.29, 0.717) is 74.0 Å². The predicted octanol–water partition coefficient (Wildman–Crippen LogP) is 11.6. The van der Waals surface area contributed by atoms with Crippen molar-refractivity contribution in [3.63, 3.8) is 0 Å². The van der Waals surface area contributed by atoms with Crippen LogP contribution in [-0.4, -0.2) is 61.4 Å². The lowest BCUT2D eigenvalue weighted by Crippen LogP contribution is -2.27. The molecule has 76 heavy (non-hydrogen) atoms. The Labute approximate surface area is 441 Å². The second-order valence-electron chi connectivity index (χ2n) is 18.3. The number of nitrogens with one attached hydrogen (secondary N) is 1. The van der Waals surface area contributed by atoms with Gasteiger partial charge >= 0.3 is 0 Å². The Morgan fingerprint density at radius 3 is 1.66 bits per heavy atom. The molecule has 2 aliphatic rings. The predicted molar refractivity (Wildman–Crippen MR) is 291 cm³/mol. The van der Waals surface area contributed by atoms with Crippen LogP contribution in [0.5, 0.6) is 0 Å². The van der Waals surface area contributed by atoms with E-state index in [2.05, 4.69) is 35.2 Å². The van der Waals surface area contributed by atoms with Crippen molar-refractivity contribution in [2.24, 2.45) is 5.73 Å². The first-order chi connectivity index (χ1) is 36.6. The Bertz CT molecular complexity index is 3740. The third kappa shape index (κ3) is 10.7. The van der Waals surface area contributed by atoms with E-state index in [1.54, 1.807) is 47.6 Å². The Morgan fingerprint density at radius 2 is 1.14 bits per heavy atom. The van der Waals surface area contributed by atoms with Gasteiger partial charge in [0.2, 0.25) is 0 Å². The smallest absolute Gasteiger partial charge is 0.266 e. The Kier molecular flexibility index (Phi) is 16.6. The Hall–Kier alpha value is -7.84. The summed E-state index contributed by atoms with van der Waals surface area (Å²) in [5.41, 5.74) is 10.9. The molecule has 0 saturated carbocycles. The van der Waals surface area contributed by atoms with Crippen molar-refractivity contribution in [2.75, 3.05) is 18.5 Å². The van der Waals surface area contributed by atoms with Gasteiger partial charge in [0, 0.05) is 43.4 Å². The second-order valence-corrected chi connectivity index (χ2v) is 18.7. The standard InChI is InChI=1S/C28H27FN6O2.C18H17FN2O.C10H11ClN4O.FH.H2/c1-2-21(33-26-25-27(31-16-30-26)34(17-32-25)23-13-6-7-14-37-23)22-15-18-9-8-12-20(29)24(18)28(36)35(22)19-10-4-3-5-11-19;1-2-15(20)16-11-12-7-6-10-14(19)17(12)18(22)21(16)13-8-4-3-5-9-13;11-9-8-10(13-5-12-9)15(6-14-8)7-3-1-2-4-16-7;;/h3-5,8-12,15-17,21,23H,2,6-7,13-14H2,1H3,(H,30,31,33);3-11,15H,2,20H2,1H3;5-7H,1-4H2;2*1H/t21-,23?;15-;;;/m00.../s1/i;;;;1+1. The number of ether oxygens (including phenoxy) is 2. The van der Waals surface area contributed by atoms with Gasteiger partial charge in [0.1, 0.15) is 42.3 Å². The lowest BCUT2D eigenvalue weighted by molar-refractivity contribution is -0.0299. The minimum Gasteiger partial charge on any atom is -0.360 e. The maximum absolute atomic E-state index is 14.8. The molecule has 2 unspecified atom stereocenters. The third-order valence-electron chi connectivity index (χ3n) is 13.6. The molecule has 4 atom stereocenters. The van der Waals surface area contributed by atoms with Crippen molar-refractivity contribution >= 4 is 61.3 Å². The molecule has 20 heteroatoms.